The highest BCUT2D eigenvalue weighted by molar-refractivity contribution is 5.84. The van der Waals surface area contributed by atoms with Crippen molar-refractivity contribution in [2.75, 3.05) is 11.9 Å². The van der Waals surface area contributed by atoms with E-state index in [1.807, 2.05) is 6.92 Å². The lowest BCUT2D eigenvalue weighted by molar-refractivity contribution is -0.274. The number of alkyl halides is 3. The number of carbonyl (C=O) groups excluding carboxylic acids is 1. The molecule has 0 saturated heterocycles. The third-order valence-electron chi connectivity index (χ3n) is 5.48. The van der Waals surface area contributed by atoms with Crippen LogP contribution in [0.15, 0.2) is 24.3 Å². The highest BCUT2D eigenvalue weighted by atomic mass is 19.4. The van der Waals surface area contributed by atoms with E-state index in [-0.39, 0.29) is 24.2 Å². The van der Waals surface area contributed by atoms with Gasteiger partial charge in [-0.2, -0.15) is 0 Å². The van der Waals surface area contributed by atoms with Crippen molar-refractivity contribution < 1.29 is 32.6 Å². The van der Waals surface area contributed by atoms with E-state index in [4.69, 9.17) is 0 Å². The Morgan fingerprint density at radius 2 is 1.77 bits per heavy atom. The van der Waals surface area contributed by atoms with E-state index in [9.17, 15) is 27.9 Å². The normalized spacial score (nSPS) is 17.8. The van der Waals surface area contributed by atoms with E-state index < -0.39 is 24.2 Å². The average Bonchev–Trinajstić information content (AvgIpc) is 3.17. The summed E-state index contributed by atoms with van der Waals surface area (Å²) in [4.78, 5) is 24.1. The summed E-state index contributed by atoms with van der Waals surface area (Å²) in [7, 11) is 0. The van der Waals surface area contributed by atoms with Crippen molar-refractivity contribution in [2.45, 2.75) is 58.4 Å². The largest absolute Gasteiger partial charge is 0.573 e. The quantitative estimate of drug-likeness (QED) is 0.512. The van der Waals surface area contributed by atoms with E-state index in [0.717, 1.165) is 25.7 Å². The number of anilines is 1. The van der Waals surface area contributed by atoms with Gasteiger partial charge in [-0.15, -0.1) is 13.2 Å². The molecule has 0 radical (unpaired) electrons. The third kappa shape index (κ3) is 7.76. The monoisotopic (exact) mass is 430 g/mol. The SMILES string of the molecule is CC(C(=O)O)C(CC1CCCC1)C(=O)NC[C@H](C)Nc1ccc(OC(F)(F)F)cc1. The van der Waals surface area contributed by atoms with Crippen LogP contribution in [0.5, 0.6) is 5.75 Å². The number of carboxylic acid groups (broad SMARTS) is 1. The smallest absolute Gasteiger partial charge is 0.481 e. The molecule has 2 unspecified atom stereocenters. The van der Waals surface area contributed by atoms with Crippen molar-refractivity contribution in [3.05, 3.63) is 24.3 Å². The summed E-state index contributed by atoms with van der Waals surface area (Å²) >= 11 is 0. The second-order valence-electron chi connectivity index (χ2n) is 7.98. The van der Waals surface area contributed by atoms with Gasteiger partial charge in [0.25, 0.3) is 0 Å². The summed E-state index contributed by atoms with van der Waals surface area (Å²) in [5.41, 5.74) is 0.577. The lowest BCUT2D eigenvalue weighted by Crippen LogP contribution is -2.42. The van der Waals surface area contributed by atoms with Gasteiger partial charge < -0.3 is 20.5 Å². The minimum absolute atomic E-state index is 0.212. The first-order valence-electron chi connectivity index (χ1n) is 10.2. The molecule has 3 N–H and O–H groups in total. The van der Waals surface area contributed by atoms with Gasteiger partial charge in [-0.1, -0.05) is 32.6 Å². The number of halogens is 3. The van der Waals surface area contributed by atoms with Crippen LogP contribution in [-0.4, -0.2) is 35.9 Å². The number of aliphatic carboxylic acids is 1. The Morgan fingerprint density at radius 3 is 2.30 bits per heavy atom. The molecule has 1 aromatic rings. The number of benzene rings is 1. The molecular formula is C21H29F3N2O4. The Hall–Kier alpha value is -2.45. The van der Waals surface area contributed by atoms with Gasteiger partial charge in [-0.25, -0.2) is 0 Å². The van der Waals surface area contributed by atoms with Crippen LogP contribution in [0.3, 0.4) is 0 Å². The van der Waals surface area contributed by atoms with Crippen LogP contribution in [0.4, 0.5) is 18.9 Å². The molecule has 0 spiro atoms. The Morgan fingerprint density at radius 1 is 1.17 bits per heavy atom. The first-order valence-corrected chi connectivity index (χ1v) is 10.2. The molecule has 1 aromatic carbocycles. The Kier molecular flexibility index (Phi) is 8.37. The van der Waals surface area contributed by atoms with Crippen LogP contribution in [0.2, 0.25) is 0 Å². The van der Waals surface area contributed by atoms with Crippen molar-refractivity contribution in [3.8, 4) is 5.75 Å². The fraction of sp³-hybridized carbons (Fsp3) is 0.619. The highest BCUT2D eigenvalue weighted by Gasteiger charge is 2.33. The molecule has 0 aliphatic heterocycles. The van der Waals surface area contributed by atoms with Gasteiger partial charge in [-0.05, 0) is 43.5 Å². The first-order chi connectivity index (χ1) is 14.0. The van der Waals surface area contributed by atoms with Gasteiger partial charge >= 0.3 is 12.3 Å². The van der Waals surface area contributed by atoms with Crippen LogP contribution in [0, 0.1) is 17.8 Å². The summed E-state index contributed by atoms with van der Waals surface area (Å²) in [6, 6.07) is 5.10. The van der Waals surface area contributed by atoms with Crippen molar-refractivity contribution >= 4 is 17.6 Å². The second-order valence-corrected chi connectivity index (χ2v) is 7.98. The molecule has 1 saturated carbocycles. The molecule has 1 aliphatic rings. The lowest BCUT2D eigenvalue weighted by Gasteiger charge is -2.24. The maximum absolute atomic E-state index is 12.7. The standard InChI is InChI=1S/C21H29F3N2O4/c1-13(26-16-7-9-17(10-8-16)30-21(22,23)24)12-25-19(27)18(14(2)20(28)29)11-15-5-3-4-6-15/h7-10,13-15,18,26H,3-6,11-12H2,1-2H3,(H,25,27)(H,28,29)/t13-,14?,18?/m0/s1. The zero-order chi connectivity index (χ0) is 22.3. The number of hydrogen-bond acceptors (Lipinski definition) is 4. The Labute approximate surface area is 174 Å². The molecule has 2 rings (SSSR count). The van der Waals surface area contributed by atoms with E-state index in [0.29, 0.717) is 18.0 Å². The number of carbonyl (C=O) groups is 2. The van der Waals surface area contributed by atoms with E-state index >= 15 is 0 Å². The molecule has 168 valence electrons. The number of hydrogen-bond donors (Lipinski definition) is 3. The molecule has 1 fully saturated rings. The predicted molar refractivity (Wildman–Crippen MR) is 106 cm³/mol. The van der Waals surface area contributed by atoms with Gasteiger partial charge in [-0.3, -0.25) is 9.59 Å². The molecule has 6 nitrogen and oxygen atoms in total. The van der Waals surface area contributed by atoms with Crippen molar-refractivity contribution in [2.24, 2.45) is 17.8 Å². The Bertz CT molecular complexity index is 703. The first kappa shape index (κ1) is 23.8. The van der Waals surface area contributed by atoms with Gasteiger partial charge in [0, 0.05) is 18.3 Å². The zero-order valence-corrected chi connectivity index (χ0v) is 17.2. The summed E-state index contributed by atoms with van der Waals surface area (Å²) in [5, 5.41) is 15.3. The van der Waals surface area contributed by atoms with Crippen molar-refractivity contribution in [1.82, 2.24) is 5.32 Å². The number of carboxylic acids is 1. The van der Waals surface area contributed by atoms with E-state index in [2.05, 4.69) is 15.4 Å². The molecule has 0 bridgehead atoms. The van der Waals surface area contributed by atoms with Gasteiger partial charge in [0.15, 0.2) is 0 Å². The molecule has 9 heteroatoms. The zero-order valence-electron chi connectivity index (χ0n) is 17.2. The van der Waals surface area contributed by atoms with Crippen LogP contribution in [-0.2, 0) is 9.59 Å². The number of amides is 1. The molecule has 0 heterocycles. The summed E-state index contributed by atoms with van der Waals surface area (Å²) < 4.78 is 40.5. The number of ether oxygens (including phenoxy) is 1. The highest BCUT2D eigenvalue weighted by Crippen LogP contribution is 2.33. The molecule has 30 heavy (non-hydrogen) atoms. The number of rotatable bonds is 10. The minimum Gasteiger partial charge on any atom is -0.481 e. The lowest BCUT2D eigenvalue weighted by atomic mass is 9.84. The molecule has 3 atom stereocenters. The van der Waals surface area contributed by atoms with Crippen molar-refractivity contribution in [1.29, 1.82) is 0 Å². The van der Waals surface area contributed by atoms with Crippen LogP contribution in [0.1, 0.15) is 46.0 Å². The maximum atomic E-state index is 12.7. The van der Waals surface area contributed by atoms with Crippen LogP contribution in [0.25, 0.3) is 0 Å². The molecule has 0 aromatic heterocycles. The van der Waals surface area contributed by atoms with Gasteiger partial charge in [0.2, 0.25) is 5.91 Å². The van der Waals surface area contributed by atoms with Crippen LogP contribution < -0.4 is 15.4 Å². The maximum Gasteiger partial charge on any atom is 0.573 e. The minimum atomic E-state index is -4.74. The van der Waals surface area contributed by atoms with Crippen molar-refractivity contribution in [3.63, 3.8) is 0 Å². The molecule has 1 aliphatic carbocycles. The average molecular weight is 430 g/mol. The molecule has 1 amide bonds. The van der Waals surface area contributed by atoms with Gasteiger partial charge in [0.05, 0.1) is 11.8 Å². The summed E-state index contributed by atoms with van der Waals surface area (Å²) in [5.74, 6) is -2.55. The van der Waals surface area contributed by atoms with Gasteiger partial charge in [0.1, 0.15) is 5.75 Å². The van der Waals surface area contributed by atoms with E-state index in [1.165, 1.54) is 24.3 Å². The second kappa shape index (κ2) is 10.5. The van der Waals surface area contributed by atoms with Crippen LogP contribution >= 0.6 is 0 Å². The Balaban J connectivity index is 1.87. The topological polar surface area (TPSA) is 87.7 Å². The number of nitrogens with one attached hydrogen (secondary N) is 2. The summed E-state index contributed by atoms with van der Waals surface area (Å²) in [6.07, 6.45) is 0.128. The van der Waals surface area contributed by atoms with E-state index in [1.54, 1.807) is 6.92 Å². The fourth-order valence-electron chi connectivity index (χ4n) is 3.79. The summed E-state index contributed by atoms with van der Waals surface area (Å²) in [6.45, 7) is 3.63. The molecular weight excluding hydrogens is 401 g/mol. The fourth-order valence-corrected chi connectivity index (χ4v) is 3.79. The third-order valence-corrected chi connectivity index (χ3v) is 5.48. The predicted octanol–water partition coefficient (Wildman–Crippen LogP) is 4.42.